The first kappa shape index (κ1) is 21.0. The van der Waals surface area contributed by atoms with Crippen LogP contribution in [-0.2, 0) is 24.8 Å². The highest BCUT2D eigenvalue weighted by Gasteiger charge is 2.17. The van der Waals surface area contributed by atoms with E-state index in [4.69, 9.17) is 0 Å². The van der Waals surface area contributed by atoms with Crippen molar-refractivity contribution in [3.63, 3.8) is 0 Å². The van der Waals surface area contributed by atoms with Crippen molar-refractivity contribution in [3.05, 3.63) is 54.6 Å². The van der Waals surface area contributed by atoms with Crippen molar-refractivity contribution in [3.8, 4) is 0 Å². The van der Waals surface area contributed by atoms with E-state index in [9.17, 15) is 21.6 Å². The molecule has 2 rings (SSSR count). The highest BCUT2D eigenvalue weighted by Crippen LogP contribution is 2.16. The van der Waals surface area contributed by atoms with E-state index in [0.29, 0.717) is 5.69 Å². The molecule has 27 heavy (non-hydrogen) atoms. The summed E-state index contributed by atoms with van der Waals surface area (Å²) < 4.78 is 51.5. The number of amides is 1. The third kappa shape index (κ3) is 5.60. The molecule has 8 nitrogen and oxygen atoms in total. The number of hydrogen-bond acceptors (Lipinski definition) is 5. The Morgan fingerprint density at radius 2 is 1.48 bits per heavy atom. The number of nitrogens with one attached hydrogen (secondary N) is 2. The van der Waals surface area contributed by atoms with E-state index in [0.717, 1.165) is 4.31 Å². The molecule has 0 aliphatic rings. The van der Waals surface area contributed by atoms with Gasteiger partial charge in [0.2, 0.25) is 26.0 Å². The zero-order valence-electron chi connectivity index (χ0n) is 14.9. The minimum Gasteiger partial charge on any atom is -0.326 e. The minimum atomic E-state index is -3.66. The van der Waals surface area contributed by atoms with Gasteiger partial charge >= 0.3 is 0 Å². The van der Waals surface area contributed by atoms with Crippen molar-refractivity contribution >= 4 is 31.6 Å². The molecule has 0 heterocycles. The van der Waals surface area contributed by atoms with Gasteiger partial charge in [-0.1, -0.05) is 18.2 Å². The molecule has 0 atom stereocenters. The van der Waals surface area contributed by atoms with Crippen LogP contribution >= 0.6 is 0 Å². The van der Waals surface area contributed by atoms with Gasteiger partial charge in [-0.15, -0.1) is 0 Å². The molecule has 0 saturated carbocycles. The molecule has 0 saturated heterocycles. The highest BCUT2D eigenvalue weighted by atomic mass is 32.2. The first-order valence-electron chi connectivity index (χ1n) is 8.00. The van der Waals surface area contributed by atoms with Crippen LogP contribution in [0.25, 0.3) is 0 Å². The van der Waals surface area contributed by atoms with Gasteiger partial charge in [0.05, 0.1) is 9.79 Å². The van der Waals surface area contributed by atoms with Gasteiger partial charge in [-0.05, 0) is 36.4 Å². The molecule has 1 amide bonds. The Balaban J connectivity index is 1.89. The number of nitrogens with zero attached hydrogens (tertiary/aromatic N) is 1. The highest BCUT2D eigenvalue weighted by molar-refractivity contribution is 7.89. The predicted molar refractivity (Wildman–Crippen MR) is 102 cm³/mol. The summed E-state index contributed by atoms with van der Waals surface area (Å²) in [6.45, 7) is -0.0594. The van der Waals surface area contributed by atoms with E-state index in [2.05, 4.69) is 10.0 Å². The van der Waals surface area contributed by atoms with Crippen molar-refractivity contribution in [2.45, 2.75) is 16.2 Å². The Morgan fingerprint density at radius 3 is 2.04 bits per heavy atom. The largest absolute Gasteiger partial charge is 0.326 e. The first-order valence-corrected chi connectivity index (χ1v) is 10.9. The molecule has 146 valence electrons. The van der Waals surface area contributed by atoms with Crippen LogP contribution in [0.1, 0.15) is 6.42 Å². The molecule has 2 N–H and O–H groups in total. The van der Waals surface area contributed by atoms with Gasteiger partial charge in [-0.3, -0.25) is 4.79 Å². The molecular weight excluding hydrogens is 390 g/mol. The van der Waals surface area contributed by atoms with Gasteiger partial charge in [0.1, 0.15) is 0 Å². The summed E-state index contributed by atoms with van der Waals surface area (Å²) in [4.78, 5) is 12.2. The molecule has 0 aliphatic heterocycles. The lowest BCUT2D eigenvalue weighted by Gasteiger charge is -2.12. The van der Waals surface area contributed by atoms with E-state index in [1.807, 2.05) is 0 Å². The number of carbonyl (C=O) groups is 1. The van der Waals surface area contributed by atoms with Crippen LogP contribution < -0.4 is 10.0 Å². The fourth-order valence-electron chi connectivity index (χ4n) is 2.13. The molecule has 0 bridgehead atoms. The number of benzene rings is 2. The van der Waals surface area contributed by atoms with Crippen LogP contribution in [0.2, 0.25) is 0 Å². The standard InChI is InChI=1S/C17H21N3O5S2/c1-20(2)27(24,25)16-10-8-14(9-11-16)19-17(21)12-13-18-26(22,23)15-6-4-3-5-7-15/h3-11,18H,12-13H2,1-2H3,(H,19,21). The van der Waals surface area contributed by atoms with Gasteiger partial charge in [-0.25, -0.2) is 25.9 Å². The van der Waals surface area contributed by atoms with Crippen molar-refractivity contribution in [1.29, 1.82) is 0 Å². The zero-order chi connectivity index (χ0) is 20.1. The second-order valence-corrected chi connectivity index (χ2v) is 9.74. The number of carbonyl (C=O) groups excluding carboxylic acids is 1. The summed E-state index contributed by atoms with van der Waals surface area (Å²) in [6, 6.07) is 13.6. The molecule has 0 aliphatic carbocycles. The molecule has 0 aromatic heterocycles. The van der Waals surface area contributed by atoms with Gasteiger partial charge in [0.25, 0.3) is 0 Å². The molecule has 0 radical (unpaired) electrons. The second kappa shape index (κ2) is 8.61. The van der Waals surface area contributed by atoms with Crippen molar-refractivity contribution in [2.75, 3.05) is 26.0 Å². The number of hydrogen-bond donors (Lipinski definition) is 2. The lowest BCUT2D eigenvalue weighted by molar-refractivity contribution is -0.116. The lowest BCUT2D eigenvalue weighted by Crippen LogP contribution is -2.27. The average molecular weight is 412 g/mol. The van der Waals surface area contributed by atoms with E-state index in [-0.39, 0.29) is 22.8 Å². The Hall–Kier alpha value is -2.27. The quantitative estimate of drug-likeness (QED) is 0.679. The fourth-order valence-corrected chi connectivity index (χ4v) is 4.08. The summed E-state index contributed by atoms with van der Waals surface area (Å²) in [5.74, 6) is -0.394. The summed E-state index contributed by atoms with van der Waals surface area (Å²) in [6.07, 6.45) is -0.0657. The van der Waals surface area contributed by atoms with E-state index >= 15 is 0 Å². The van der Waals surface area contributed by atoms with Crippen molar-refractivity contribution in [2.24, 2.45) is 0 Å². The first-order chi connectivity index (χ1) is 12.6. The predicted octanol–water partition coefficient (Wildman–Crippen LogP) is 1.24. The third-order valence-corrected chi connectivity index (χ3v) is 6.92. The van der Waals surface area contributed by atoms with Crippen LogP contribution in [-0.4, -0.2) is 47.7 Å². The minimum absolute atomic E-state index is 0.0594. The average Bonchev–Trinajstić information content (AvgIpc) is 2.62. The third-order valence-electron chi connectivity index (χ3n) is 3.61. The van der Waals surface area contributed by atoms with Crippen molar-refractivity contribution in [1.82, 2.24) is 9.03 Å². The molecule has 10 heteroatoms. The lowest BCUT2D eigenvalue weighted by atomic mass is 10.3. The number of rotatable bonds is 8. The van der Waals surface area contributed by atoms with E-state index in [1.165, 1.54) is 50.5 Å². The summed E-state index contributed by atoms with van der Waals surface area (Å²) >= 11 is 0. The van der Waals surface area contributed by atoms with E-state index < -0.39 is 26.0 Å². The van der Waals surface area contributed by atoms with Crippen LogP contribution in [0, 0.1) is 0 Å². The van der Waals surface area contributed by atoms with Gasteiger partial charge in [0.15, 0.2) is 0 Å². The Morgan fingerprint density at radius 1 is 0.889 bits per heavy atom. The molecule has 0 spiro atoms. The monoisotopic (exact) mass is 411 g/mol. The van der Waals surface area contributed by atoms with Gasteiger partial charge < -0.3 is 5.32 Å². The molecule has 2 aromatic carbocycles. The molecule has 0 fully saturated rings. The normalized spacial score (nSPS) is 12.1. The maximum Gasteiger partial charge on any atom is 0.242 e. The van der Waals surface area contributed by atoms with Crippen molar-refractivity contribution < 1.29 is 21.6 Å². The summed E-state index contributed by atoms with van der Waals surface area (Å²) in [7, 11) is -4.33. The summed E-state index contributed by atoms with van der Waals surface area (Å²) in [5.41, 5.74) is 0.420. The van der Waals surface area contributed by atoms with Crippen LogP contribution in [0.5, 0.6) is 0 Å². The van der Waals surface area contributed by atoms with Crippen LogP contribution in [0.4, 0.5) is 5.69 Å². The molecule has 0 unspecified atom stereocenters. The van der Waals surface area contributed by atoms with Crippen LogP contribution in [0.15, 0.2) is 64.4 Å². The fraction of sp³-hybridized carbons (Fsp3) is 0.235. The SMILES string of the molecule is CN(C)S(=O)(=O)c1ccc(NC(=O)CCNS(=O)(=O)c2ccccc2)cc1. The second-order valence-electron chi connectivity index (χ2n) is 5.82. The zero-order valence-corrected chi connectivity index (χ0v) is 16.5. The van der Waals surface area contributed by atoms with Gasteiger partial charge in [-0.2, -0.15) is 0 Å². The van der Waals surface area contributed by atoms with E-state index in [1.54, 1.807) is 18.2 Å². The smallest absolute Gasteiger partial charge is 0.242 e. The topological polar surface area (TPSA) is 113 Å². The Bertz CT molecular complexity index is 987. The maximum absolute atomic E-state index is 12.1. The maximum atomic E-state index is 12.1. The Labute approximate surface area is 159 Å². The number of anilines is 1. The molecular formula is C17H21N3O5S2. The summed E-state index contributed by atoms with van der Waals surface area (Å²) in [5, 5.41) is 2.59. The number of sulfonamides is 2. The van der Waals surface area contributed by atoms with Gasteiger partial charge in [0, 0.05) is 32.7 Å². The van der Waals surface area contributed by atoms with Crippen LogP contribution in [0.3, 0.4) is 0 Å². The Kier molecular flexibility index (Phi) is 6.71. The molecule has 2 aromatic rings.